The van der Waals surface area contributed by atoms with Crippen LogP contribution in [0.4, 0.5) is 0 Å². The molecular formula is C30H55NSi2. The molecule has 0 atom stereocenters. The van der Waals surface area contributed by atoms with Gasteiger partial charge in [0.05, 0.1) is 0 Å². The third-order valence-corrected chi connectivity index (χ3v) is 27.7. The van der Waals surface area contributed by atoms with Gasteiger partial charge in [-0.2, -0.15) is 0 Å². The molecule has 0 radical (unpaired) electrons. The van der Waals surface area contributed by atoms with Gasteiger partial charge in [-0.05, 0) is 33.2 Å². The second kappa shape index (κ2) is 10.4. The Morgan fingerprint density at radius 1 is 0.273 bits per heavy atom. The molecule has 0 aromatic heterocycles. The van der Waals surface area contributed by atoms with Gasteiger partial charge < -0.3 is 4.65 Å². The lowest BCUT2D eigenvalue weighted by atomic mass is 10.3. The Balaban J connectivity index is 1.47. The first-order chi connectivity index (χ1) is 16.3. The lowest BCUT2D eigenvalue weighted by Crippen LogP contribution is -2.74. The van der Waals surface area contributed by atoms with Crippen LogP contribution in [0.2, 0.25) is 33.2 Å². The van der Waals surface area contributed by atoms with E-state index in [0.717, 1.165) is 0 Å². The highest BCUT2D eigenvalue weighted by Crippen LogP contribution is 2.63. The van der Waals surface area contributed by atoms with Gasteiger partial charge in [-0.25, -0.2) is 0 Å². The molecule has 6 aliphatic rings. The van der Waals surface area contributed by atoms with Gasteiger partial charge in [-0.15, -0.1) is 0 Å². The summed E-state index contributed by atoms with van der Waals surface area (Å²) >= 11 is 0. The molecule has 33 heavy (non-hydrogen) atoms. The zero-order valence-corrected chi connectivity index (χ0v) is 23.9. The fourth-order valence-corrected chi connectivity index (χ4v) is 31.5. The highest BCUT2D eigenvalue weighted by atomic mass is 28.4. The Morgan fingerprint density at radius 2 is 0.424 bits per heavy atom. The largest absolute Gasteiger partial charge is 0.358 e. The third kappa shape index (κ3) is 4.20. The first kappa shape index (κ1) is 23.8. The minimum Gasteiger partial charge on any atom is -0.358 e. The van der Waals surface area contributed by atoms with Gasteiger partial charge >= 0.3 is 0 Å². The molecule has 0 unspecified atom stereocenters. The molecule has 6 aliphatic carbocycles. The van der Waals surface area contributed by atoms with E-state index >= 15 is 0 Å². The average molecular weight is 486 g/mol. The lowest BCUT2D eigenvalue weighted by Gasteiger charge is -2.58. The van der Waals surface area contributed by atoms with Gasteiger partial charge in [0, 0.05) is 0 Å². The highest BCUT2D eigenvalue weighted by Gasteiger charge is 2.63. The number of hydrogen-bond acceptors (Lipinski definition) is 1. The maximum atomic E-state index is 5.41. The van der Waals surface area contributed by atoms with E-state index in [1.165, 1.54) is 33.2 Å². The maximum Gasteiger partial charge on any atom is 0.128 e. The summed E-state index contributed by atoms with van der Waals surface area (Å²) in [6, 6.07) is 0. The first-order valence-electron chi connectivity index (χ1n) is 16.1. The summed E-state index contributed by atoms with van der Waals surface area (Å²) in [5.74, 6) is 0. The van der Waals surface area contributed by atoms with Crippen LogP contribution in [-0.2, 0) is 0 Å². The summed E-state index contributed by atoms with van der Waals surface area (Å²) in [7, 11) is -3.05. The van der Waals surface area contributed by atoms with Crippen LogP contribution in [0.3, 0.4) is 0 Å². The monoisotopic (exact) mass is 485 g/mol. The van der Waals surface area contributed by atoms with Crippen LogP contribution in [0, 0.1) is 0 Å². The molecule has 6 saturated carbocycles. The van der Waals surface area contributed by atoms with Crippen LogP contribution >= 0.6 is 0 Å². The van der Waals surface area contributed by atoms with Crippen molar-refractivity contribution in [1.82, 2.24) is 4.65 Å². The van der Waals surface area contributed by atoms with Crippen LogP contribution in [0.1, 0.15) is 154 Å². The second-order valence-electron chi connectivity index (χ2n) is 13.9. The number of hydrogen-bond donors (Lipinski definition) is 1. The van der Waals surface area contributed by atoms with Gasteiger partial charge in [-0.1, -0.05) is 154 Å². The summed E-state index contributed by atoms with van der Waals surface area (Å²) in [6.07, 6.45) is 38.5. The molecule has 0 heterocycles. The Kier molecular flexibility index (Phi) is 7.50. The van der Waals surface area contributed by atoms with Crippen LogP contribution in [-0.4, -0.2) is 16.5 Å². The third-order valence-electron chi connectivity index (χ3n) is 12.6. The van der Waals surface area contributed by atoms with Gasteiger partial charge in [-0.3, -0.25) is 0 Å². The topological polar surface area (TPSA) is 12.0 Å². The van der Waals surface area contributed by atoms with Gasteiger partial charge in [0.15, 0.2) is 0 Å². The minimum atomic E-state index is -1.52. The maximum absolute atomic E-state index is 5.41. The summed E-state index contributed by atoms with van der Waals surface area (Å²) < 4.78 is 5.41. The quantitative estimate of drug-likeness (QED) is 0.337. The first-order valence-corrected chi connectivity index (χ1v) is 20.6. The van der Waals surface area contributed by atoms with Crippen LogP contribution in [0.15, 0.2) is 0 Å². The minimum absolute atomic E-state index is 1.17. The fourth-order valence-electron chi connectivity index (χ4n) is 11.4. The molecule has 0 saturated heterocycles. The van der Waals surface area contributed by atoms with Crippen molar-refractivity contribution in [1.29, 1.82) is 0 Å². The Labute approximate surface area is 208 Å². The highest BCUT2D eigenvalue weighted by molar-refractivity contribution is 6.97. The van der Waals surface area contributed by atoms with Crippen molar-refractivity contribution in [3.63, 3.8) is 0 Å². The van der Waals surface area contributed by atoms with E-state index in [9.17, 15) is 0 Å². The molecule has 6 rings (SSSR count). The summed E-state index contributed by atoms with van der Waals surface area (Å²) in [6.45, 7) is 0. The van der Waals surface area contributed by atoms with Crippen molar-refractivity contribution >= 4 is 16.5 Å². The zero-order chi connectivity index (χ0) is 22.1. The lowest BCUT2D eigenvalue weighted by molar-refractivity contribution is 0.617. The van der Waals surface area contributed by atoms with Crippen LogP contribution in [0.5, 0.6) is 0 Å². The normalized spacial score (nSPS) is 30.5. The molecule has 0 spiro atoms. The molecule has 1 nitrogen and oxygen atoms in total. The molecule has 0 aliphatic heterocycles. The number of rotatable bonds is 8. The molecule has 0 amide bonds. The Hall–Kier alpha value is 0.394. The zero-order valence-electron chi connectivity index (χ0n) is 21.9. The van der Waals surface area contributed by atoms with Gasteiger partial charge in [0.1, 0.15) is 16.5 Å². The van der Waals surface area contributed by atoms with Crippen molar-refractivity contribution in [2.45, 2.75) is 187 Å². The average Bonchev–Trinajstić information content (AvgIpc) is 3.72. The molecule has 3 heteroatoms. The van der Waals surface area contributed by atoms with Crippen LogP contribution < -0.4 is 4.65 Å². The summed E-state index contributed by atoms with van der Waals surface area (Å²) in [5, 5.41) is 0. The Bertz CT molecular complexity index is 478. The van der Waals surface area contributed by atoms with Crippen molar-refractivity contribution in [2.24, 2.45) is 0 Å². The van der Waals surface area contributed by atoms with Crippen molar-refractivity contribution in [2.75, 3.05) is 0 Å². The van der Waals surface area contributed by atoms with E-state index in [4.69, 9.17) is 4.65 Å². The van der Waals surface area contributed by atoms with E-state index < -0.39 is 16.5 Å². The molecule has 0 aromatic rings. The van der Waals surface area contributed by atoms with E-state index in [0.29, 0.717) is 0 Å². The molecular weight excluding hydrogens is 431 g/mol. The summed E-state index contributed by atoms with van der Waals surface area (Å²) in [5.41, 5.74) is 7.00. The SMILES string of the molecule is C1CCC([Si](N[Si](C2CCCC2)(C2CCCC2)C2CCCC2)(C2CCCC2)C2CCCC2)C1. The van der Waals surface area contributed by atoms with E-state index in [2.05, 4.69) is 0 Å². The smallest absolute Gasteiger partial charge is 0.128 e. The predicted octanol–water partition coefficient (Wildman–Crippen LogP) is 10.1. The molecule has 0 aromatic carbocycles. The second-order valence-corrected chi connectivity index (χ2v) is 23.5. The van der Waals surface area contributed by atoms with E-state index in [-0.39, 0.29) is 0 Å². The summed E-state index contributed by atoms with van der Waals surface area (Å²) in [4.78, 5) is 0. The molecule has 1 N–H and O–H groups in total. The Morgan fingerprint density at radius 3 is 0.576 bits per heavy atom. The van der Waals surface area contributed by atoms with Crippen molar-refractivity contribution < 1.29 is 0 Å². The van der Waals surface area contributed by atoms with Crippen molar-refractivity contribution in [3.05, 3.63) is 0 Å². The van der Waals surface area contributed by atoms with Gasteiger partial charge in [0.25, 0.3) is 0 Å². The molecule has 6 fully saturated rings. The van der Waals surface area contributed by atoms with E-state index in [1.807, 2.05) is 0 Å². The van der Waals surface area contributed by atoms with Crippen LogP contribution in [0.25, 0.3) is 0 Å². The van der Waals surface area contributed by atoms with Crippen molar-refractivity contribution in [3.8, 4) is 0 Å². The number of nitrogens with one attached hydrogen (secondary N) is 1. The van der Waals surface area contributed by atoms with E-state index in [1.54, 1.807) is 154 Å². The fraction of sp³-hybridized carbons (Fsp3) is 1.00. The molecule has 188 valence electrons. The van der Waals surface area contributed by atoms with Gasteiger partial charge in [0.2, 0.25) is 0 Å². The molecule has 0 bridgehead atoms. The predicted molar refractivity (Wildman–Crippen MR) is 148 cm³/mol. The standard InChI is InChI=1S/C30H55NSi2/c1-2-14-25(13-1)32(26-15-3-4-16-26,27-17-5-6-18-27)31-33(28-19-7-8-20-28,29-21-9-10-22-29)30-23-11-12-24-30/h25-31H,1-24H2.